The van der Waals surface area contributed by atoms with Gasteiger partial charge in [0.2, 0.25) is 17.1 Å². The Bertz CT molecular complexity index is 1260. The SMILES string of the molecule is N#CC1=C(N)Oc2c(oc(CO)cc2=O)C1c1cccc(OCc2ccc(F)cc2)c1. The molecule has 0 fully saturated rings. The minimum atomic E-state index is -0.817. The van der Waals surface area contributed by atoms with Crippen LogP contribution in [0.5, 0.6) is 11.5 Å². The first-order chi connectivity index (χ1) is 15.0. The third-order valence-corrected chi connectivity index (χ3v) is 4.80. The van der Waals surface area contributed by atoms with Gasteiger partial charge in [-0.15, -0.1) is 0 Å². The number of aliphatic hydroxyl groups excluding tert-OH is 1. The van der Waals surface area contributed by atoms with Crippen molar-refractivity contribution in [3.8, 4) is 17.6 Å². The zero-order chi connectivity index (χ0) is 22.0. The van der Waals surface area contributed by atoms with E-state index in [1.165, 1.54) is 12.1 Å². The number of allylic oxidation sites excluding steroid dienone is 1. The lowest BCUT2D eigenvalue weighted by Gasteiger charge is -2.25. The van der Waals surface area contributed by atoms with Gasteiger partial charge in [0.15, 0.2) is 5.76 Å². The van der Waals surface area contributed by atoms with Crippen molar-refractivity contribution in [3.63, 3.8) is 0 Å². The van der Waals surface area contributed by atoms with Crippen LogP contribution in [0.3, 0.4) is 0 Å². The molecule has 0 amide bonds. The summed E-state index contributed by atoms with van der Waals surface area (Å²) in [5.41, 5.74) is 6.82. The van der Waals surface area contributed by atoms with Crippen molar-refractivity contribution in [2.24, 2.45) is 5.73 Å². The number of benzene rings is 2. The third-order valence-electron chi connectivity index (χ3n) is 4.80. The summed E-state index contributed by atoms with van der Waals surface area (Å²) in [5.74, 6) is -0.857. The van der Waals surface area contributed by atoms with E-state index in [0.717, 1.165) is 11.6 Å². The maximum atomic E-state index is 13.1. The number of halogens is 1. The van der Waals surface area contributed by atoms with E-state index in [4.69, 9.17) is 19.6 Å². The van der Waals surface area contributed by atoms with Gasteiger partial charge >= 0.3 is 0 Å². The highest BCUT2D eigenvalue weighted by Crippen LogP contribution is 2.41. The second kappa shape index (κ2) is 8.34. The molecule has 0 radical (unpaired) electrons. The van der Waals surface area contributed by atoms with Gasteiger partial charge in [-0.3, -0.25) is 4.79 Å². The fourth-order valence-corrected chi connectivity index (χ4v) is 3.33. The van der Waals surface area contributed by atoms with Gasteiger partial charge in [0.05, 0.1) is 5.92 Å². The molecule has 1 atom stereocenters. The molecule has 3 aromatic rings. The summed E-state index contributed by atoms with van der Waals surface area (Å²) in [6.45, 7) is -0.280. The zero-order valence-electron chi connectivity index (χ0n) is 16.2. The second-order valence-corrected chi connectivity index (χ2v) is 6.84. The largest absolute Gasteiger partial charge is 0.489 e. The number of rotatable bonds is 5. The van der Waals surface area contributed by atoms with Crippen LogP contribution in [-0.4, -0.2) is 5.11 Å². The van der Waals surface area contributed by atoms with Crippen molar-refractivity contribution in [3.05, 3.63) is 105 Å². The molecule has 7 nitrogen and oxygen atoms in total. The molecule has 0 bridgehead atoms. The average Bonchev–Trinajstić information content (AvgIpc) is 2.78. The van der Waals surface area contributed by atoms with Crippen LogP contribution in [0, 0.1) is 17.1 Å². The van der Waals surface area contributed by atoms with E-state index < -0.39 is 18.0 Å². The minimum absolute atomic E-state index is 0.0406. The van der Waals surface area contributed by atoms with Crippen LogP contribution in [0.15, 0.2) is 75.3 Å². The Hall–Kier alpha value is -4.09. The van der Waals surface area contributed by atoms with Crippen molar-refractivity contribution >= 4 is 0 Å². The lowest BCUT2D eigenvalue weighted by atomic mass is 9.87. The van der Waals surface area contributed by atoms with Crippen molar-refractivity contribution < 1.29 is 23.4 Å². The lowest BCUT2D eigenvalue weighted by molar-refractivity contribution is 0.231. The number of ether oxygens (including phenoxy) is 2. The molecule has 4 rings (SSSR count). The molecule has 8 heteroatoms. The topological polar surface area (TPSA) is 119 Å². The first-order valence-corrected chi connectivity index (χ1v) is 9.32. The number of hydrogen-bond acceptors (Lipinski definition) is 7. The minimum Gasteiger partial charge on any atom is -0.489 e. The van der Waals surface area contributed by atoms with Gasteiger partial charge in [0.1, 0.15) is 42.2 Å². The first-order valence-electron chi connectivity index (χ1n) is 9.32. The molecular weight excluding hydrogens is 403 g/mol. The Labute approximate surface area is 176 Å². The molecule has 0 saturated heterocycles. The van der Waals surface area contributed by atoms with Gasteiger partial charge in [0.25, 0.3) is 0 Å². The van der Waals surface area contributed by atoms with E-state index in [1.54, 1.807) is 36.4 Å². The van der Waals surface area contributed by atoms with Crippen molar-refractivity contribution in [2.45, 2.75) is 19.1 Å². The predicted molar refractivity (Wildman–Crippen MR) is 107 cm³/mol. The highest BCUT2D eigenvalue weighted by atomic mass is 19.1. The van der Waals surface area contributed by atoms with Crippen molar-refractivity contribution in [2.75, 3.05) is 0 Å². The van der Waals surface area contributed by atoms with Gasteiger partial charge in [0, 0.05) is 6.07 Å². The number of nitriles is 1. The van der Waals surface area contributed by atoms with Crippen LogP contribution in [0.25, 0.3) is 0 Å². The van der Waals surface area contributed by atoms with Crippen molar-refractivity contribution in [1.82, 2.24) is 0 Å². The molecule has 31 heavy (non-hydrogen) atoms. The van der Waals surface area contributed by atoms with Gasteiger partial charge in [-0.1, -0.05) is 24.3 Å². The Morgan fingerprint density at radius 1 is 1.19 bits per heavy atom. The number of nitrogens with zero attached hydrogens (tertiary/aromatic N) is 1. The molecule has 0 saturated carbocycles. The third kappa shape index (κ3) is 3.99. The summed E-state index contributed by atoms with van der Waals surface area (Å²) < 4.78 is 29.9. The van der Waals surface area contributed by atoms with E-state index in [0.29, 0.717) is 11.3 Å². The Morgan fingerprint density at radius 2 is 1.97 bits per heavy atom. The summed E-state index contributed by atoms with van der Waals surface area (Å²) in [6, 6.07) is 16.0. The van der Waals surface area contributed by atoms with E-state index in [9.17, 15) is 19.6 Å². The summed E-state index contributed by atoms with van der Waals surface area (Å²) in [7, 11) is 0. The molecule has 1 aliphatic heterocycles. The molecule has 1 unspecified atom stereocenters. The van der Waals surface area contributed by atoms with E-state index >= 15 is 0 Å². The fourth-order valence-electron chi connectivity index (χ4n) is 3.33. The fraction of sp³-hybridized carbons (Fsp3) is 0.130. The molecular formula is C23H17FN2O5. The van der Waals surface area contributed by atoms with Crippen LogP contribution < -0.4 is 20.6 Å². The van der Waals surface area contributed by atoms with Crippen LogP contribution in [-0.2, 0) is 13.2 Å². The number of hydrogen-bond donors (Lipinski definition) is 2. The van der Waals surface area contributed by atoms with Gasteiger partial charge in [-0.2, -0.15) is 5.26 Å². The molecule has 156 valence electrons. The normalized spacial score (nSPS) is 15.1. The van der Waals surface area contributed by atoms with Gasteiger partial charge < -0.3 is 24.7 Å². The highest BCUT2D eigenvalue weighted by Gasteiger charge is 2.35. The number of aliphatic hydroxyl groups is 1. The molecule has 0 spiro atoms. The smallest absolute Gasteiger partial charge is 0.228 e. The quantitative estimate of drug-likeness (QED) is 0.651. The van der Waals surface area contributed by atoms with Crippen LogP contribution in [0.2, 0.25) is 0 Å². The summed E-state index contributed by atoms with van der Waals surface area (Å²) in [5, 5.41) is 19.1. The molecule has 2 heterocycles. The second-order valence-electron chi connectivity index (χ2n) is 6.84. The van der Waals surface area contributed by atoms with Gasteiger partial charge in [-0.05, 0) is 35.4 Å². The first kappa shape index (κ1) is 20.2. The summed E-state index contributed by atoms with van der Waals surface area (Å²) >= 11 is 0. The number of fused-ring (bicyclic) bond motifs is 1. The Kier molecular flexibility index (Phi) is 5.43. The number of nitrogens with two attached hydrogens (primary N) is 1. The van der Waals surface area contributed by atoms with E-state index in [1.807, 2.05) is 6.07 Å². The zero-order valence-corrected chi connectivity index (χ0v) is 16.2. The van der Waals surface area contributed by atoms with E-state index in [2.05, 4.69) is 0 Å². The Balaban J connectivity index is 1.72. The van der Waals surface area contributed by atoms with Crippen LogP contribution >= 0.6 is 0 Å². The molecule has 1 aliphatic rings. The monoisotopic (exact) mass is 420 g/mol. The Morgan fingerprint density at radius 3 is 2.68 bits per heavy atom. The summed E-state index contributed by atoms with van der Waals surface area (Å²) in [4.78, 5) is 12.4. The maximum absolute atomic E-state index is 13.1. The van der Waals surface area contributed by atoms with Crippen LogP contribution in [0.4, 0.5) is 4.39 Å². The molecule has 3 N–H and O–H groups in total. The molecule has 0 aliphatic carbocycles. The van der Waals surface area contributed by atoms with Crippen molar-refractivity contribution in [1.29, 1.82) is 5.26 Å². The molecule has 1 aromatic heterocycles. The molecule has 2 aromatic carbocycles. The standard InChI is InChI=1S/C23H17FN2O5/c24-15-6-4-13(5-7-15)12-29-16-3-1-2-14(8-16)20-18(10-25)23(26)31-21-19(28)9-17(11-27)30-22(20)21/h1-9,20,27H,11-12,26H2. The summed E-state index contributed by atoms with van der Waals surface area (Å²) in [6.07, 6.45) is 0. The lowest BCUT2D eigenvalue weighted by Crippen LogP contribution is -2.25. The predicted octanol–water partition coefficient (Wildman–Crippen LogP) is 3.07. The van der Waals surface area contributed by atoms with Gasteiger partial charge in [-0.25, -0.2) is 4.39 Å². The van der Waals surface area contributed by atoms with Crippen LogP contribution in [0.1, 0.15) is 28.6 Å². The average molecular weight is 420 g/mol. The van der Waals surface area contributed by atoms with E-state index in [-0.39, 0.29) is 41.2 Å². The highest BCUT2D eigenvalue weighted by molar-refractivity contribution is 5.53. The maximum Gasteiger partial charge on any atom is 0.228 e.